The average Bonchev–Trinajstić information content (AvgIpc) is 2.17. The van der Waals surface area contributed by atoms with Crippen molar-refractivity contribution >= 4 is 17.4 Å². The molecule has 2 N–H and O–H groups in total. The topological polar surface area (TPSA) is 43.1 Å². The molecule has 0 fully saturated rings. The van der Waals surface area contributed by atoms with Crippen LogP contribution in [0.1, 0.15) is 23.4 Å². The first-order valence-electron chi connectivity index (χ1n) is 4.08. The molecule has 1 atom stereocenters. The Labute approximate surface area is 82.7 Å². The van der Waals surface area contributed by atoms with Crippen LogP contribution in [-0.2, 0) is 11.3 Å². The van der Waals surface area contributed by atoms with Crippen LogP contribution in [0.15, 0.2) is 24.3 Å². The maximum atomic E-state index is 10.9. The van der Waals surface area contributed by atoms with Crippen LogP contribution in [0.5, 0.6) is 0 Å². The van der Waals surface area contributed by atoms with Gasteiger partial charge in [-0.25, -0.2) is 0 Å². The standard InChI is InChI=1S/C10H12ClNO/c1-7(13)10(11)9-4-2-8(6-12)3-5-9/h2-5,10H,6,12H2,1H3. The Morgan fingerprint density at radius 3 is 2.38 bits per heavy atom. The second kappa shape index (κ2) is 4.40. The van der Waals surface area contributed by atoms with Crippen molar-refractivity contribution < 1.29 is 4.79 Å². The fourth-order valence-electron chi connectivity index (χ4n) is 1.06. The van der Waals surface area contributed by atoms with E-state index in [4.69, 9.17) is 17.3 Å². The van der Waals surface area contributed by atoms with Gasteiger partial charge in [0.1, 0.15) is 5.38 Å². The van der Waals surface area contributed by atoms with Crippen molar-refractivity contribution in [3.8, 4) is 0 Å². The van der Waals surface area contributed by atoms with Gasteiger partial charge in [-0.05, 0) is 18.1 Å². The lowest BCUT2D eigenvalue weighted by molar-refractivity contribution is -0.116. The molecule has 0 heterocycles. The second-order valence-corrected chi connectivity index (χ2v) is 3.36. The van der Waals surface area contributed by atoms with Crippen LogP contribution in [-0.4, -0.2) is 5.78 Å². The van der Waals surface area contributed by atoms with E-state index in [1.807, 2.05) is 24.3 Å². The molecule has 0 radical (unpaired) electrons. The molecule has 0 bridgehead atoms. The van der Waals surface area contributed by atoms with Crippen molar-refractivity contribution in [3.63, 3.8) is 0 Å². The zero-order chi connectivity index (χ0) is 9.84. The monoisotopic (exact) mass is 197 g/mol. The lowest BCUT2D eigenvalue weighted by Crippen LogP contribution is -2.02. The van der Waals surface area contributed by atoms with Gasteiger partial charge in [0.05, 0.1) is 0 Å². The summed E-state index contributed by atoms with van der Waals surface area (Å²) in [6, 6.07) is 7.43. The minimum atomic E-state index is -0.535. The zero-order valence-corrected chi connectivity index (χ0v) is 8.21. The van der Waals surface area contributed by atoms with Crippen molar-refractivity contribution in [2.24, 2.45) is 5.73 Å². The molecule has 0 amide bonds. The molecule has 2 nitrogen and oxygen atoms in total. The van der Waals surface area contributed by atoms with E-state index in [9.17, 15) is 4.79 Å². The number of hydrogen-bond acceptors (Lipinski definition) is 2. The molecule has 1 aromatic carbocycles. The molecular weight excluding hydrogens is 186 g/mol. The summed E-state index contributed by atoms with van der Waals surface area (Å²) in [5.74, 6) is -0.0397. The fraction of sp³-hybridized carbons (Fsp3) is 0.300. The molecule has 1 aromatic rings. The summed E-state index contributed by atoms with van der Waals surface area (Å²) in [5, 5.41) is -0.535. The summed E-state index contributed by atoms with van der Waals surface area (Å²) in [5.41, 5.74) is 7.30. The van der Waals surface area contributed by atoms with Crippen LogP contribution in [0.25, 0.3) is 0 Å². The zero-order valence-electron chi connectivity index (χ0n) is 7.46. The number of alkyl halides is 1. The van der Waals surface area contributed by atoms with E-state index in [0.717, 1.165) is 11.1 Å². The van der Waals surface area contributed by atoms with Crippen LogP contribution >= 0.6 is 11.6 Å². The molecule has 1 unspecified atom stereocenters. The number of carbonyl (C=O) groups is 1. The lowest BCUT2D eigenvalue weighted by atomic mass is 10.1. The Hall–Kier alpha value is -0.860. The number of nitrogens with two attached hydrogens (primary N) is 1. The van der Waals surface area contributed by atoms with Gasteiger partial charge in [-0.2, -0.15) is 0 Å². The number of Topliss-reactive ketones (excluding diaryl/α,β-unsaturated/α-hetero) is 1. The summed E-state index contributed by atoms with van der Waals surface area (Å²) in [4.78, 5) is 10.9. The Morgan fingerprint density at radius 2 is 2.00 bits per heavy atom. The van der Waals surface area contributed by atoms with E-state index in [2.05, 4.69) is 0 Å². The fourth-order valence-corrected chi connectivity index (χ4v) is 1.20. The van der Waals surface area contributed by atoms with E-state index in [-0.39, 0.29) is 5.78 Å². The average molecular weight is 198 g/mol. The predicted octanol–water partition coefficient (Wildman–Crippen LogP) is 2.01. The summed E-state index contributed by atoms with van der Waals surface area (Å²) in [6.07, 6.45) is 0. The summed E-state index contributed by atoms with van der Waals surface area (Å²) < 4.78 is 0. The molecule has 0 saturated heterocycles. The number of rotatable bonds is 3. The van der Waals surface area contributed by atoms with Crippen molar-refractivity contribution in [1.82, 2.24) is 0 Å². The smallest absolute Gasteiger partial charge is 0.152 e. The Kier molecular flexibility index (Phi) is 3.46. The highest BCUT2D eigenvalue weighted by Gasteiger charge is 2.11. The van der Waals surface area contributed by atoms with Crippen LogP contribution in [0.3, 0.4) is 0 Å². The minimum Gasteiger partial charge on any atom is -0.326 e. The maximum absolute atomic E-state index is 10.9. The molecule has 0 saturated carbocycles. The van der Waals surface area contributed by atoms with E-state index in [1.54, 1.807) is 0 Å². The first-order chi connectivity index (χ1) is 6.15. The largest absolute Gasteiger partial charge is 0.326 e. The van der Waals surface area contributed by atoms with Crippen LogP contribution < -0.4 is 5.73 Å². The van der Waals surface area contributed by atoms with Crippen LogP contribution in [0.4, 0.5) is 0 Å². The number of hydrogen-bond donors (Lipinski definition) is 1. The normalized spacial score (nSPS) is 12.5. The molecule has 0 spiro atoms. The van der Waals surface area contributed by atoms with Gasteiger partial charge in [-0.1, -0.05) is 24.3 Å². The number of ketones is 1. The second-order valence-electron chi connectivity index (χ2n) is 2.92. The van der Waals surface area contributed by atoms with Crippen molar-refractivity contribution in [2.75, 3.05) is 0 Å². The van der Waals surface area contributed by atoms with Gasteiger partial charge in [0.2, 0.25) is 0 Å². The quantitative estimate of drug-likeness (QED) is 0.754. The van der Waals surface area contributed by atoms with Gasteiger partial charge in [-0.3, -0.25) is 4.79 Å². The van der Waals surface area contributed by atoms with Gasteiger partial charge in [0.25, 0.3) is 0 Å². The third-order valence-electron chi connectivity index (χ3n) is 1.86. The summed E-state index contributed by atoms with van der Waals surface area (Å²) in [7, 11) is 0. The third kappa shape index (κ3) is 2.54. The molecule has 0 aliphatic rings. The van der Waals surface area contributed by atoms with Gasteiger partial charge in [0, 0.05) is 6.54 Å². The molecule has 70 valence electrons. The van der Waals surface area contributed by atoms with E-state index >= 15 is 0 Å². The molecule has 1 rings (SSSR count). The Morgan fingerprint density at radius 1 is 1.46 bits per heavy atom. The van der Waals surface area contributed by atoms with Gasteiger partial charge in [-0.15, -0.1) is 11.6 Å². The number of benzene rings is 1. The molecule has 0 aliphatic carbocycles. The van der Waals surface area contributed by atoms with Crippen LogP contribution in [0, 0.1) is 0 Å². The highest BCUT2D eigenvalue weighted by molar-refractivity contribution is 6.30. The summed E-state index contributed by atoms with van der Waals surface area (Å²) in [6.45, 7) is 1.99. The first kappa shape index (κ1) is 10.2. The predicted molar refractivity (Wildman–Crippen MR) is 53.6 cm³/mol. The highest BCUT2D eigenvalue weighted by atomic mass is 35.5. The molecule has 0 aromatic heterocycles. The lowest BCUT2D eigenvalue weighted by Gasteiger charge is -2.05. The van der Waals surface area contributed by atoms with Gasteiger partial charge < -0.3 is 5.73 Å². The molecule has 13 heavy (non-hydrogen) atoms. The van der Waals surface area contributed by atoms with Crippen LogP contribution in [0.2, 0.25) is 0 Å². The molecule has 3 heteroatoms. The van der Waals surface area contributed by atoms with E-state index in [1.165, 1.54) is 6.92 Å². The van der Waals surface area contributed by atoms with Gasteiger partial charge in [0.15, 0.2) is 5.78 Å². The van der Waals surface area contributed by atoms with E-state index < -0.39 is 5.38 Å². The van der Waals surface area contributed by atoms with Crippen molar-refractivity contribution in [2.45, 2.75) is 18.8 Å². The van der Waals surface area contributed by atoms with E-state index in [0.29, 0.717) is 6.54 Å². The van der Waals surface area contributed by atoms with Crippen molar-refractivity contribution in [1.29, 1.82) is 0 Å². The number of carbonyl (C=O) groups excluding carboxylic acids is 1. The minimum absolute atomic E-state index is 0.0397. The Bertz CT molecular complexity index is 294. The van der Waals surface area contributed by atoms with Gasteiger partial charge >= 0.3 is 0 Å². The Balaban J connectivity index is 2.85. The SMILES string of the molecule is CC(=O)C(Cl)c1ccc(CN)cc1. The first-order valence-corrected chi connectivity index (χ1v) is 4.52. The summed E-state index contributed by atoms with van der Waals surface area (Å²) >= 11 is 5.86. The highest BCUT2D eigenvalue weighted by Crippen LogP contribution is 2.21. The third-order valence-corrected chi connectivity index (χ3v) is 2.42. The maximum Gasteiger partial charge on any atom is 0.152 e. The molecule has 0 aliphatic heterocycles. The number of halogens is 1. The molecular formula is C10H12ClNO. The van der Waals surface area contributed by atoms with Crippen molar-refractivity contribution in [3.05, 3.63) is 35.4 Å².